The molecule has 3 aromatic carbocycles. The molecule has 0 spiro atoms. The zero-order valence-electron chi connectivity index (χ0n) is 29.7. The first-order chi connectivity index (χ1) is 21.6. The Labute approximate surface area is 281 Å². The summed E-state index contributed by atoms with van der Waals surface area (Å²) in [4.78, 5) is 7.19. The van der Waals surface area contributed by atoms with Crippen molar-refractivity contribution in [1.82, 2.24) is 9.97 Å². The molecular weight excluding hydrogens is 594 g/mol. The molecule has 242 valence electrons. The van der Waals surface area contributed by atoms with Gasteiger partial charge in [-0.05, 0) is 82.0 Å². The maximum atomic E-state index is 3.60. The van der Waals surface area contributed by atoms with Crippen LogP contribution < -0.4 is 10.9 Å². The third-order valence-electron chi connectivity index (χ3n) is 9.70. The molecule has 5 aromatic rings. The van der Waals surface area contributed by atoms with E-state index in [1.807, 2.05) is 0 Å². The number of nitrogens with one attached hydrogen (secondary N) is 2. The van der Waals surface area contributed by atoms with Crippen LogP contribution in [0.4, 0.5) is 0 Å². The maximum absolute atomic E-state index is 3.60. The van der Waals surface area contributed by atoms with Crippen LogP contribution in [0.2, 0.25) is 0 Å². The summed E-state index contributed by atoms with van der Waals surface area (Å²) in [6, 6.07) is 36.3. The Morgan fingerprint density at radius 3 is 1.22 bits per heavy atom. The first-order valence-corrected chi connectivity index (χ1v) is 19.8. The Morgan fingerprint density at radius 2 is 0.870 bits per heavy atom. The molecule has 0 aliphatic rings. The summed E-state index contributed by atoms with van der Waals surface area (Å²) < 4.78 is 0. The maximum Gasteiger partial charge on any atom is 0.0448 e. The van der Waals surface area contributed by atoms with Gasteiger partial charge in [0, 0.05) is 40.3 Å². The van der Waals surface area contributed by atoms with Crippen molar-refractivity contribution in [2.45, 2.75) is 103 Å². The van der Waals surface area contributed by atoms with Gasteiger partial charge in [-0.3, -0.25) is 0 Å². The molecule has 0 unspecified atom stereocenters. The van der Waals surface area contributed by atoms with Gasteiger partial charge in [0.15, 0.2) is 0 Å². The van der Waals surface area contributed by atoms with Crippen LogP contribution in [0.1, 0.15) is 103 Å². The summed E-state index contributed by atoms with van der Waals surface area (Å²) >= 11 is 0. The monoisotopic (exact) mass is 648 g/mol. The number of hydrogen-bond donors (Lipinski definition) is 2. The molecule has 0 aliphatic carbocycles. The second-order valence-electron chi connectivity index (χ2n) is 15.8. The number of aromatic amines is 2. The fourth-order valence-electron chi connectivity index (χ4n) is 7.14. The van der Waals surface area contributed by atoms with E-state index < -0.39 is 7.92 Å². The van der Waals surface area contributed by atoms with E-state index in [1.165, 1.54) is 44.3 Å². The fourth-order valence-corrected chi connectivity index (χ4v) is 13.0. The lowest BCUT2D eigenvalue weighted by Gasteiger charge is -2.43. The molecule has 0 saturated carbocycles. The molecule has 4 heteroatoms. The Bertz CT molecular complexity index is 1640. The minimum absolute atomic E-state index is 0.175. The summed E-state index contributed by atoms with van der Waals surface area (Å²) in [7, 11) is -0.981. The standard InChI is InChI=1S/C42H54N2P2/c1-39(2,3)46(40(4,5)6)30-32-28-36(42(9,10)34-21-15-12-16-22-34)35(41(7,8)33-19-13-11-14-20-33)27-31(32)29-45(37-23-17-25-43-37)38-24-18-26-44-38/h11-28,43-44H,29-30H2,1-10H3. The van der Waals surface area contributed by atoms with E-state index >= 15 is 0 Å². The third-order valence-corrected chi connectivity index (χ3v) is 16.0. The Kier molecular flexibility index (Phi) is 9.95. The molecule has 46 heavy (non-hydrogen) atoms. The predicted octanol–water partition coefficient (Wildman–Crippen LogP) is 11.2. The molecule has 0 aliphatic heterocycles. The van der Waals surface area contributed by atoms with Gasteiger partial charge in [0.05, 0.1) is 0 Å². The van der Waals surface area contributed by atoms with Gasteiger partial charge in [-0.2, -0.15) is 0 Å². The van der Waals surface area contributed by atoms with E-state index in [0.29, 0.717) is 0 Å². The van der Waals surface area contributed by atoms with Crippen molar-refractivity contribution in [1.29, 1.82) is 0 Å². The molecular formula is C42H54N2P2. The van der Waals surface area contributed by atoms with Crippen LogP contribution in [-0.4, -0.2) is 20.3 Å². The molecule has 0 radical (unpaired) electrons. The molecule has 2 aromatic heterocycles. The van der Waals surface area contributed by atoms with Gasteiger partial charge >= 0.3 is 0 Å². The SMILES string of the molecule is CC(C)(c1ccccc1)c1cc(CP(c2ccc[nH]2)c2ccc[nH]2)c(CP(C(C)(C)C)C(C)(C)C)cc1C(C)(C)c1ccccc1. The number of aromatic nitrogens is 2. The highest BCUT2D eigenvalue weighted by molar-refractivity contribution is 7.71. The van der Waals surface area contributed by atoms with Crippen LogP contribution in [-0.2, 0) is 23.2 Å². The number of hydrogen-bond acceptors (Lipinski definition) is 0. The second kappa shape index (κ2) is 13.3. The zero-order chi connectivity index (χ0) is 33.3. The van der Waals surface area contributed by atoms with Gasteiger partial charge in [-0.25, -0.2) is 0 Å². The van der Waals surface area contributed by atoms with Gasteiger partial charge in [0.2, 0.25) is 0 Å². The molecule has 0 atom stereocenters. The number of H-pyrrole nitrogens is 2. The number of rotatable bonds is 10. The topological polar surface area (TPSA) is 31.6 Å². The summed E-state index contributed by atoms with van der Waals surface area (Å²) in [6.45, 7) is 24.4. The van der Waals surface area contributed by atoms with E-state index in [4.69, 9.17) is 0 Å². The van der Waals surface area contributed by atoms with Crippen LogP contribution in [0.15, 0.2) is 109 Å². The molecule has 0 bridgehead atoms. The average Bonchev–Trinajstić information content (AvgIpc) is 3.74. The first kappa shape index (κ1) is 34.4. The Hall–Kier alpha value is -2.92. The van der Waals surface area contributed by atoms with E-state index in [2.05, 4.69) is 189 Å². The molecule has 2 nitrogen and oxygen atoms in total. The lowest BCUT2D eigenvalue weighted by atomic mass is 9.67. The predicted molar refractivity (Wildman–Crippen MR) is 205 cm³/mol. The summed E-state index contributed by atoms with van der Waals surface area (Å²) in [5, 5.41) is 0.456. The minimum atomic E-state index is -0.638. The average molecular weight is 649 g/mol. The molecule has 2 N–H and O–H groups in total. The van der Waals surface area contributed by atoms with Crippen molar-refractivity contribution >= 4 is 26.7 Å². The van der Waals surface area contributed by atoms with Crippen LogP contribution in [0.3, 0.4) is 0 Å². The van der Waals surface area contributed by atoms with E-state index in [9.17, 15) is 0 Å². The lowest BCUT2D eigenvalue weighted by Crippen LogP contribution is -2.30. The van der Waals surface area contributed by atoms with Gasteiger partial charge in [0.25, 0.3) is 0 Å². The Morgan fingerprint density at radius 1 is 0.478 bits per heavy atom. The normalized spacial score (nSPS) is 13.1. The van der Waals surface area contributed by atoms with Gasteiger partial charge < -0.3 is 9.97 Å². The van der Waals surface area contributed by atoms with Crippen LogP contribution in [0.5, 0.6) is 0 Å². The van der Waals surface area contributed by atoms with E-state index in [0.717, 1.165) is 12.3 Å². The Balaban J connectivity index is 1.80. The fraction of sp³-hybridized carbons (Fsp3) is 0.381. The largest absolute Gasteiger partial charge is 0.361 e. The van der Waals surface area contributed by atoms with Crippen molar-refractivity contribution in [2.75, 3.05) is 0 Å². The van der Waals surface area contributed by atoms with Crippen molar-refractivity contribution in [3.63, 3.8) is 0 Å². The molecule has 2 heterocycles. The molecule has 0 saturated heterocycles. The summed E-state index contributed by atoms with van der Waals surface area (Å²) in [5.74, 6) is 0. The molecule has 0 fully saturated rings. The first-order valence-electron chi connectivity index (χ1n) is 16.7. The summed E-state index contributed by atoms with van der Waals surface area (Å²) in [6.07, 6.45) is 6.25. The summed E-state index contributed by atoms with van der Waals surface area (Å²) in [5.41, 5.74) is 10.8. The van der Waals surface area contributed by atoms with Crippen molar-refractivity contribution in [3.8, 4) is 0 Å². The van der Waals surface area contributed by atoms with Crippen LogP contribution in [0.25, 0.3) is 0 Å². The number of benzene rings is 3. The van der Waals surface area contributed by atoms with E-state index in [1.54, 1.807) is 0 Å². The van der Waals surface area contributed by atoms with Gasteiger partial charge in [-0.15, -0.1) is 0 Å². The van der Waals surface area contributed by atoms with Crippen molar-refractivity contribution in [3.05, 3.63) is 143 Å². The quantitative estimate of drug-likeness (QED) is 0.141. The lowest BCUT2D eigenvalue weighted by molar-refractivity contribution is 0.577. The van der Waals surface area contributed by atoms with Gasteiger partial charge in [-0.1, -0.05) is 150 Å². The molecule has 5 rings (SSSR count). The van der Waals surface area contributed by atoms with Crippen LogP contribution >= 0.6 is 15.8 Å². The third kappa shape index (κ3) is 7.30. The van der Waals surface area contributed by atoms with E-state index in [-0.39, 0.29) is 29.1 Å². The van der Waals surface area contributed by atoms with Crippen LogP contribution in [0, 0.1) is 0 Å². The molecule has 0 amide bonds. The zero-order valence-corrected chi connectivity index (χ0v) is 31.5. The highest BCUT2D eigenvalue weighted by Crippen LogP contribution is 2.62. The van der Waals surface area contributed by atoms with Crippen molar-refractivity contribution in [2.24, 2.45) is 0 Å². The minimum Gasteiger partial charge on any atom is -0.361 e. The smallest absolute Gasteiger partial charge is 0.0448 e. The second-order valence-corrected chi connectivity index (χ2v) is 21.8. The van der Waals surface area contributed by atoms with Crippen molar-refractivity contribution < 1.29 is 0 Å². The van der Waals surface area contributed by atoms with Gasteiger partial charge in [0.1, 0.15) is 0 Å². The highest BCUT2D eigenvalue weighted by atomic mass is 31.1. The highest BCUT2D eigenvalue weighted by Gasteiger charge is 2.38.